The van der Waals surface area contributed by atoms with Crippen molar-refractivity contribution in [2.45, 2.75) is 37.6 Å². The van der Waals surface area contributed by atoms with Crippen LogP contribution in [0.1, 0.15) is 37.9 Å². The lowest BCUT2D eigenvalue weighted by Gasteiger charge is -2.32. The zero-order chi connectivity index (χ0) is 11.9. The van der Waals surface area contributed by atoms with Crippen molar-refractivity contribution in [3.05, 3.63) is 34.8 Å². The van der Waals surface area contributed by atoms with Gasteiger partial charge in [-0.05, 0) is 25.0 Å². The molecule has 1 aliphatic carbocycles. The maximum absolute atomic E-state index is 6.53. The molecule has 2 aromatic rings. The summed E-state index contributed by atoms with van der Waals surface area (Å²) in [6.45, 7) is 0. The van der Waals surface area contributed by atoms with Gasteiger partial charge < -0.3 is 10.1 Å². The SMILES string of the molecule is NC1(c2ncc3cc(Br)ccn23)CCCCC1. The summed E-state index contributed by atoms with van der Waals surface area (Å²) in [5.74, 6) is 1.01. The average molecular weight is 294 g/mol. The lowest BCUT2D eigenvalue weighted by Crippen LogP contribution is -2.40. The van der Waals surface area contributed by atoms with Crippen LogP contribution >= 0.6 is 15.9 Å². The van der Waals surface area contributed by atoms with Crippen molar-refractivity contribution in [3.63, 3.8) is 0 Å². The molecule has 3 rings (SSSR count). The van der Waals surface area contributed by atoms with Crippen LogP contribution in [0.3, 0.4) is 0 Å². The molecule has 90 valence electrons. The van der Waals surface area contributed by atoms with Crippen molar-refractivity contribution in [1.82, 2.24) is 9.38 Å². The third-order valence-electron chi connectivity index (χ3n) is 3.69. The highest BCUT2D eigenvalue weighted by molar-refractivity contribution is 9.10. The van der Waals surface area contributed by atoms with Crippen molar-refractivity contribution in [3.8, 4) is 0 Å². The van der Waals surface area contributed by atoms with E-state index in [2.05, 4.69) is 31.4 Å². The van der Waals surface area contributed by atoms with E-state index >= 15 is 0 Å². The fourth-order valence-electron chi connectivity index (χ4n) is 2.75. The minimum Gasteiger partial charge on any atom is -0.319 e. The quantitative estimate of drug-likeness (QED) is 0.877. The molecule has 1 saturated carbocycles. The van der Waals surface area contributed by atoms with E-state index in [1.165, 1.54) is 19.3 Å². The molecule has 0 amide bonds. The molecule has 17 heavy (non-hydrogen) atoms. The van der Waals surface area contributed by atoms with Crippen LogP contribution in [-0.2, 0) is 5.54 Å². The summed E-state index contributed by atoms with van der Waals surface area (Å²) in [7, 11) is 0. The molecule has 0 unspecified atom stereocenters. The van der Waals surface area contributed by atoms with Gasteiger partial charge >= 0.3 is 0 Å². The fourth-order valence-corrected chi connectivity index (χ4v) is 3.10. The van der Waals surface area contributed by atoms with Crippen molar-refractivity contribution in [2.75, 3.05) is 0 Å². The molecule has 0 atom stereocenters. The molecule has 0 saturated heterocycles. The molecule has 0 bridgehead atoms. The lowest BCUT2D eigenvalue weighted by atomic mass is 9.82. The first kappa shape index (κ1) is 11.2. The monoisotopic (exact) mass is 293 g/mol. The Morgan fingerprint density at radius 1 is 1.29 bits per heavy atom. The van der Waals surface area contributed by atoms with E-state index in [1.807, 2.05) is 18.5 Å². The Labute approximate surface area is 109 Å². The van der Waals surface area contributed by atoms with Gasteiger partial charge in [0.1, 0.15) is 5.82 Å². The van der Waals surface area contributed by atoms with Crippen molar-refractivity contribution >= 4 is 21.4 Å². The second-order valence-corrected chi connectivity index (χ2v) is 5.85. The van der Waals surface area contributed by atoms with Gasteiger partial charge in [0.25, 0.3) is 0 Å². The maximum Gasteiger partial charge on any atom is 0.133 e. The summed E-state index contributed by atoms with van der Waals surface area (Å²) in [6.07, 6.45) is 9.76. The minimum atomic E-state index is -0.238. The number of imidazole rings is 1. The molecule has 2 aromatic heterocycles. The molecule has 1 aliphatic rings. The molecular formula is C13H16BrN3. The minimum absolute atomic E-state index is 0.238. The predicted octanol–water partition coefficient (Wildman–Crippen LogP) is 3.21. The number of pyridine rings is 1. The Bertz CT molecular complexity index is 541. The molecule has 0 radical (unpaired) electrons. The zero-order valence-electron chi connectivity index (χ0n) is 9.69. The molecule has 0 aromatic carbocycles. The highest BCUT2D eigenvalue weighted by Gasteiger charge is 2.33. The molecule has 2 N–H and O–H groups in total. The number of nitrogens with two attached hydrogens (primary N) is 1. The van der Waals surface area contributed by atoms with Gasteiger partial charge in [-0.1, -0.05) is 35.2 Å². The normalized spacial score (nSPS) is 19.6. The number of aromatic nitrogens is 2. The molecule has 0 aliphatic heterocycles. The van der Waals surface area contributed by atoms with Crippen molar-refractivity contribution in [1.29, 1.82) is 0 Å². The Morgan fingerprint density at radius 2 is 2.06 bits per heavy atom. The van der Waals surface area contributed by atoms with E-state index in [-0.39, 0.29) is 5.54 Å². The number of rotatable bonds is 1. The maximum atomic E-state index is 6.53. The first-order valence-corrected chi connectivity index (χ1v) is 6.90. The van der Waals surface area contributed by atoms with Gasteiger partial charge in [0, 0.05) is 10.7 Å². The topological polar surface area (TPSA) is 43.3 Å². The van der Waals surface area contributed by atoms with Crippen molar-refractivity contribution in [2.24, 2.45) is 5.73 Å². The number of nitrogens with zero attached hydrogens (tertiary/aromatic N) is 2. The molecule has 0 spiro atoms. The third kappa shape index (κ3) is 1.89. The smallest absolute Gasteiger partial charge is 0.133 e. The molecule has 3 nitrogen and oxygen atoms in total. The Kier molecular flexibility index (Phi) is 2.71. The molecule has 1 fully saturated rings. The summed E-state index contributed by atoms with van der Waals surface area (Å²) >= 11 is 3.48. The van der Waals surface area contributed by atoms with Crippen LogP contribution in [0.25, 0.3) is 5.52 Å². The van der Waals surface area contributed by atoms with E-state index < -0.39 is 0 Å². The number of hydrogen-bond acceptors (Lipinski definition) is 2. The summed E-state index contributed by atoms with van der Waals surface area (Å²) in [4.78, 5) is 4.55. The van der Waals surface area contributed by atoms with Gasteiger partial charge in [-0.25, -0.2) is 4.98 Å². The van der Waals surface area contributed by atoms with Crippen LogP contribution in [-0.4, -0.2) is 9.38 Å². The molecular weight excluding hydrogens is 278 g/mol. The summed E-state index contributed by atoms with van der Waals surface area (Å²) in [6, 6.07) is 4.10. The second kappa shape index (κ2) is 4.10. The van der Waals surface area contributed by atoms with Gasteiger partial charge in [-0.2, -0.15) is 0 Å². The number of fused-ring (bicyclic) bond motifs is 1. The van der Waals surface area contributed by atoms with Gasteiger partial charge in [0.05, 0.1) is 17.3 Å². The molecule has 4 heteroatoms. The predicted molar refractivity (Wildman–Crippen MR) is 71.8 cm³/mol. The van der Waals surface area contributed by atoms with E-state index in [4.69, 9.17) is 5.73 Å². The van der Waals surface area contributed by atoms with Gasteiger partial charge in [-0.15, -0.1) is 0 Å². The Hall–Kier alpha value is -0.870. The third-order valence-corrected chi connectivity index (χ3v) is 4.18. The molecule has 2 heterocycles. The van der Waals surface area contributed by atoms with Crippen LogP contribution in [0.5, 0.6) is 0 Å². The highest BCUT2D eigenvalue weighted by Crippen LogP contribution is 2.34. The first-order chi connectivity index (χ1) is 8.19. The van der Waals surface area contributed by atoms with E-state index in [0.717, 1.165) is 28.7 Å². The first-order valence-electron chi connectivity index (χ1n) is 6.11. The van der Waals surface area contributed by atoms with Crippen LogP contribution in [0, 0.1) is 0 Å². The highest BCUT2D eigenvalue weighted by atomic mass is 79.9. The Morgan fingerprint density at radius 3 is 2.82 bits per heavy atom. The van der Waals surface area contributed by atoms with Gasteiger partial charge in [-0.3, -0.25) is 0 Å². The van der Waals surface area contributed by atoms with E-state index in [9.17, 15) is 0 Å². The Balaban J connectivity index is 2.10. The summed E-state index contributed by atoms with van der Waals surface area (Å²) in [5, 5.41) is 0. The van der Waals surface area contributed by atoms with Gasteiger partial charge in [0.15, 0.2) is 0 Å². The van der Waals surface area contributed by atoms with Gasteiger partial charge in [0.2, 0.25) is 0 Å². The standard InChI is InChI=1S/C13H16BrN3/c14-10-4-7-17-11(8-10)9-16-12(17)13(15)5-2-1-3-6-13/h4,7-9H,1-3,5-6,15H2. The fraction of sp³-hybridized carbons (Fsp3) is 0.462. The lowest BCUT2D eigenvalue weighted by molar-refractivity contribution is 0.286. The largest absolute Gasteiger partial charge is 0.319 e. The van der Waals surface area contributed by atoms with Crippen molar-refractivity contribution < 1.29 is 0 Å². The summed E-state index contributed by atoms with van der Waals surface area (Å²) in [5.41, 5.74) is 7.40. The number of hydrogen-bond donors (Lipinski definition) is 1. The van der Waals surface area contributed by atoms with E-state index in [1.54, 1.807) is 0 Å². The van der Waals surface area contributed by atoms with Crippen LogP contribution < -0.4 is 5.73 Å². The number of halogens is 1. The zero-order valence-corrected chi connectivity index (χ0v) is 11.3. The second-order valence-electron chi connectivity index (χ2n) is 4.94. The van der Waals surface area contributed by atoms with Crippen LogP contribution in [0.4, 0.5) is 0 Å². The summed E-state index contributed by atoms with van der Waals surface area (Å²) < 4.78 is 3.20. The van der Waals surface area contributed by atoms with Crippen LogP contribution in [0.15, 0.2) is 29.0 Å². The average Bonchev–Trinajstić information content (AvgIpc) is 2.73. The van der Waals surface area contributed by atoms with Crippen LogP contribution in [0.2, 0.25) is 0 Å². The van der Waals surface area contributed by atoms with E-state index in [0.29, 0.717) is 0 Å².